The highest BCUT2D eigenvalue weighted by Gasteiger charge is 2.16. The third kappa shape index (κ3) is 3.44. The molecule has 134 valence electrons. The molecule has 0 bridgehead atoms. The Morgan fingerprint density at radius 2 is 1.85 bits per heavy atom. The lowest BCUT2D eigenvalue weighted by atomic mass is 10.1. The normalized spacial score (nSPS) is 10.7. The minimum atomic E-state index is -0.355. The van der Waals surface area contributed by atoms with Crippen molar-refractivity contribution in [3.05, 3.63) is 58.2 Å². The molecule has 5 nitrogen and oxygen atoms in total. The molecule has 3 rings (SSSR count). The van der Waals surface area contributed by atoms with E-state index in [1.54, 1.807) is 31.4 Å². The Kier molecular flexibility index (Phi) is 5.00. The van der Waals surface area contributed by atoms with Gasteiger partial charge in [-0.05, 0) is 43.7 Å². The van der Waals surface area contributed by atoms with Crippen molar-refractivity contribution in [3.63, 3.8) is 0 Å². The van der Waals surface area contributed by atoms with Gasteiger partial charge in [0.15, 0.2) is 0 Å². The van der Waals surface area contributed by atoms with Gasteiger partial charge in [0.2, 0.25) is 0 Å². The lowest BCUT2D eigenvalue weighted by molar-refractivity contribution is 0.102. The van der Waals surface area contributed by atoms with E-state index in [1.165, 1.54) is 7.11 Å². The van der Waals surface area contributed by atoms with Gasteiger partial charge >= 0.3 is 0 Å². The van der Waals surface area contributed by atoms with Crippen LogP contribution < -0.4 is 14.8 Å². The van der Waals surface area contributed by atoms with Gasteiger partial charge < -0.3 is 14.8 Å². The van der Waals surface area contributed by atoms with Gasteiger partial charge in [-0.15, -0.1) is 0 Å². The highest BCUT2D eigenvalue weighted by atomic mass is 35.5. The number of hydrogen-bond donors (Lipinski definition) is 1. The SMILES string of the molecule is COc1ccc(NC(=O)c2cc3cc(C)cc(C)c3nc2Cl)c(OC)c1. The van der Waals surface area contributed by atoms with Gasteiger partial charge in [-0.25, -0.2) is 4.98 Å². The third-order valence-corrected chi connectivity index (χ3v) is 4.40. The molecule has 0 aliphatic heterocycles. The van der Waals surface area contributed by atoms with E-state index in [4.69, 9.17) is 21.1 Å². The number of ether oxygens (including phenoxy) is 2. The summed E-state index contributed by atoms with van der Waals surface area (Å²) in [4.78, 5) is 17.2. The van der Waals surface area contributed by atoms with Crippen molar-refractivity contribution in [2.45, 2.75) is 13.8 Å². The largest absolute Gasteiger partial charge is 0.497 e. The van der Waals surface area contributed by atoms with E-state index < -0.39 is 0 Å². The smallest absolute Gasteiger partial charge is 0.258 e. The number of benzene rings is 2. The van der Waals surface area contributed by atoms with E-state index in [2.05, 4.69) is 10.3 Å². The Bertz CT molecular complexity index is 1000. The molecular formula is C20H19ClN2O3. The van der Waals surface area contributed by atoms with Crippen LogP contribution in [0.2, 0.25) is 5.15 Å². The van der Waals surface area contributed by atoms with Crippen LogP contribution in [0.3, 0.4) is 0 Å². The molecular weight excluding hydrogens is 352 g/mol. The molecule has 6 heteroatoms. The van der Waals surface area contributed by atoms with Crippen LogP contribution in [0.1, 0.15) is 21.5 Å². The minimum absolute atomic E-state index is 0.162. The van der Waals surface area contributed by atoms with Crippen LogP contribution in [-0.4, -0.2) is 25.1 Å². The molecule has 0 spiro atoms. The van der Waals surface area contributed by atoms with Crippen molar-refractivity contribution >= 4 is 34.1 Å². The lowest BCUT2D eigenvalue weighted by Crippen LogP contribution is -2.14. The second-order valence-corrected chi connectivity index (χ2v) is 6.36. The number of carbonyl (C=O) groups excluding carboxylic acids is 1. The van der Waals surface area contributed by atoms with Crippen LogP contribution in [0.25, 0.3) is 10.9 Å². The van der Waals surface area contributed by atoms with Crippen LogP contribution in [0.15, 0.2) is 36.4 Å². The number of methoxy groups -OCH3 is 2. The minimum Gasteiger partial charge on any atom is -0.497 e. The highest BCUT2D eigenvalue weighted by molar-refractivity contribution is 6.34. The monoisotopic (exact) mass is 370 g/mol. The van der Waals surface area contributed by atoms with E-state index in [1.807, 2.05) is 26.0 Å². The molecule has 3 aromatic rings. The fourth-order valence-electron chi connectivity index (χ4n) is 2.88. The number of rotatable bonds is 4. The van der Waals surface area contributed by atoms with Crippen molar-refractivity contribution in [1.82, 2.24) is 4.98 Å². The molecule has 0 saturated carbocycles. The van der Waals surface area contributed by atoms with Gasteiger partial charge in [-0.2, -0.15) is 0 Å². The molecule has 1 N–H and O–H groups in total. The summed E-state index contributed by atoms with van der Waals surface area (Å²) in [5, 5.41) is 3.86. The van der Waals surface area contributed by atoms with Gasteiger partial charge in [-0.3, -0.25) is 4.79 Å². The van der Waals surface area contributed by atoms with Gasteiger partial charge in [0.05, 0.1) is 31.0 Å². The Balaban J connectivity index is 1.99. The standard InChI is InChI=1S/C20H19ClN2O3/c1-11-7-12(2)18-13(8-11)9-15(19(21)23-18)20(24)22-16-6-5-14(25-3)10-17(16)26-4/h5-10H,1-4H3,(H,22,24). The van der Waals surface area contributed by atoms with Crippen LogP contribution in [0.4, 0.5) is 5.69 Å². The van der Waals surface area contributed by atoms with E-state index in [9.17, 15) is 4.79 Å². The Hall–Kier alpha value is -2.79. The molecule has 1 heterocycles. The highest BCUT2D eigenvalue weighted by Crippen LogP contribution is 2.30. The fourth-order valence-corrected chi connectivity index (χ4v) is 3.10. The Morgan fingerprint density at radius 1 is 1.08 bits per heavy atom. The number of hydrogen-bond acceptors (Lipinski definition) is 4. The quantitative estimate of drug-likeness (QED) is 0.672. The number of nitrogens with one attached hydrogen (secondary N) is 1. The maximum Gasteiger partial charge on any atom is 0.258 e. The number of carbonyl (C=O) groups is 1. The third-order valence-electron chi connectivity index (χ3n) is 4.11. The summed E-state index contributed by atoms with van der Waals surface area (Å²) in [6.07, 6.45) is 0. The average Bonchev–Trinajstić information content (AvgIpc) is 2.62. The van der Waals surface area contributed by atoms with Gasteiger partial charge in [-0.1, -0.05) is 23.2 Å². The zero-order chi connectivity index (χ0) is 18.8. The molecule has 0 saturated heterocycles. The maximum absolute atomic E-state index is 12.7. The molecule has 0 aliphatic carbocycles. The molecule has 0 fully saturated rings. The first-order valence-corrected chi connectivity index (χ1v) is 8.41. The van der Waals surface area contributed by atoms with E-state index in [0.717, 1.165) is 22.0 Å². The predicted octanol–water partition coefficient (Wildman–Crippen LogP) is 4.77. The first kappa shape index (κ1) is 18.0. The fraction of sp³-hybridized carbons (Fsp3) is 0.200. The Labute approximate surface area is 156 Å². The summed E-state index contributed by atoms with van der Waals surface area (Å²) in [7, 11) is 3.10. The zero-order valence-electron chi connectivity index (χ0n) is 15.0. The summed E-state index contributed by atoms with van der Waals surface area (Å²) >= 11 is 6.27. The predicted molar refractivity (Wildman–Crippen MR) is 104 cm³/mol. The maximum atomic E-state index is 12.7. The molecule has 0 radical (unpaired) electrons. The molecule has 0 aliphatic rings. The number of anilines is 1. The van der Waals surface area contributed by atoms with Crippen molar-refractivity contribution in [1.29, 1.82) is 0 Å². The summed E-state index contributed by atoms with van der Waals surface area (Å²) in [5.74, 6) is 0.775. The van der Waals surface area contributed by atoms with Crippen LogP contribution in [0.5, 0.6) is 11.5 Å². The van der Waals surface area contributed by atoms with Crippen LogP contribution in [0, 0.1) is 13.8 Å². The number of aromatic nitrogens is 1. The van der Waals surface area contributed by atoms with Crippen molar-refractivity contribution in [3.8, 4) is 11.5 Å². The zero-order valence-corrected chi connectivity index (χ0v) is 15.8. The molecule has 1 aromatic heterocycles. The summed E-state index contributed by atoms with van der Waals surface area (Å²) in [6, 6.07) is 10.9. The number of nitrogens with zero attached hydrogens (tertiary/aromatic N) is 1. The molecule has 2 aromatic carbocycles. The number of halogens is 1. The summed E-state index contributed by atoms with van der Waals surface area (Å²) in [6.45, 7) is 3.98. The Morgan fingerprint density at radius 3 is 2.54 bits per heavy atom. The van der Waals surface area contributed by atoms with E-state index in [-0.39, 0.29) is 11.1 Å². The van der Waals surface area contributed by atoms with Crippen molar-refractivity contribution in [2.75, 3.05) is 19.5 Å². The number of aryl methyl sites for hydroxylation is 2. The van der Waals surface area contributed by atoms with Crippen molar-refractivity contribution in [2.24, 2.45) is 0 Å². The second-order valence-electron chi connectivity index (χ2n) is 6.00. The first-order chi connectivity index (χ1) is 12.4. The second kappa shape index (κ2) is 7.22. The number of fused-ring (bicyclic) bond motifs is 1. The van der Waals surface area contributed by atoms with Crippen molar-refractivity contribution < 1.29 is 14.3 Å². The number of amides is 1. The first-order valence-electron chi connectivity index (χ1n) is 8.04. The molecule has 0 atom stereocenters. The summed E-state index contributed by atoms with van der Waals surface area (Å²) in [5.41, 5.74) is 3.74. The summed E-state index contributed by atoms with van der Waals surface area (Å²) < 4.78 is 10.5. The number of pyridine rings is 1. The van der Waals surface area contributed by atoms with Crippen LogP contribution in [-0.2, 0) is 0 Å². The topological polar surface area (TPSA) is 60.5 Å². The molecule has 1 amide bonds. The molecule has 26 heavy (non-hydrogen) atoms. The van der Waals surface area contributed by atoms with E-state index in [0.29, 0.717) is 22.7 Å². The van der Waals surface area contributed by atoms with Gasteiger partial charge in [0, 0.05) is 11.5 Å². The lowest BCUT2D eigenvalue weighted by Gasteiger charge is -2.13. The molecule has 0 unspecified atom stereocenters. The van der Waals surface area contributed by atoms with Gasteiger partial charge in [0.1, 0.15) is 16.7 Å². The van der Waals surface area contributed by atoms with Gasteiger partial charge in [0.25, 0.3) is 5.91 Å². The average molecular weight is 371 g/mol. The van der Waals surface area contributed by atoms with Crippen LogP contribution >= 0.6 is 11.6 Å². The van der Waals surface area contributed by atoms with E-state index >= 15 is 0 Å².